The number of rotatable bonds is 11. The monoisotopic (exact) mass is 584 g/mol. The molecule has 6 atom stereocenters. The molecule has 1 fully saturated rings. The molecule has 0 bridgehead atoms. The Morgan fingerprint density at radius 3 is 1.88 bits per heavy atom. The fraction of sp³-hybridized carbons (Fsp3) is 0.314. The lowest BCUT2D eigenvalue weighted by molar-refractivity contribution is -0.244. The van der Waals surface area contributed by atoms with Crippen LogP contribution >= 0.6 is 0 Å². The third kappa shape index (κ3) is 6.51. The number of hydrogen-bond acceptors (Lipinski definition) is 6. The van der Waals surface area contributed by atoms with Crippen LogP contribution in [0.4, 0.5) is 0 Å². The molecule has 2 aliphatic heterocycles. The Balaban J connectivity index is 1.33. The maximum Gasteiger partial charge on any atom is 0.135 e. The van der Waals surface area contributed by atoms with E-state index in [1.54, 1.807) is 7.11 Å². The van der Waals surface area contributed by atoms with Crippen molar-refractivity contribution in [3.8, 4) is 5.75 Å². The van der Waals surface area contributed by atoms with Crippen molar-refractivity contribution in [2.45, 2.75) is 49.1 Å². The third-order valence-electron chi connectivity index (χ3n) is 7.89. The van der Waals surface area contributed by atoms with E-state index in [4.69, 9.17) is 23.7 Å². The lowest BCUT2D eigenvalue weighted by Gasteiger charge is -2.48. The summed E-state index contributed by atoms with van der Waals surface area (Å²) in [7, 11) is 0.329. The molecule has 4 aromatic carbocycles. The Bertz CT molecular complexity index is 1450. The number of methoxy groups -OCH3 is 1. The Hall–Kier alpha value is -3.33. The van der Waals surface area contributed by atoms with Crippen LogP contribution in [0.15, 0.2) is 114 Å². The number of benzene rings is 4. The van der Waals surface area contributed by atoms with Crippen molar-refractivity contribution in [1.29, 1.82) is 0 Å². The van der Waals surface area contributed by atoms with Gasteiger partial charge in [0.1, 0.15) is 18.0 Å². The quantitative estimate of drug-likeness (QED) is 0.207. The lowest BCUT2D eigenvalue weighted by Crippen LogP contribution is -2.57. The zero-order valence-electron chi connectivity index (χ0n) is 23.7. The highest BCUT2D eigenvalue weighted by Crippen LogP contribution is 2.47. The SMILES string of the molecule is COc1cccc2c1S(=O)C[C@H]1[C@@H](OCc3ccccc3)[C@H](OCc3ccccc3)[C@@H](COCc3ccccc3)O[C@@H]21. The van der Waals surface area contributed by atoms with Gasteiger partial charge in [0.2, 0.25) is 0 Å². The molecule has 0 amide bonds. The molecule has 7 heteroatoms. The fourth-order valence-corrected chi connectivity index (χ4v) is 7.56. The van der Waals surface area contributed by atoms with Crippen LogP contribution in [0.3, 0.4) is 0 Å². The van der Waals surface area contributed by atoms with Gasteiger partial charge in [-0.2, -0.15) is 0 Å². The summed E-state index contributed by atoms with van der Waals surface area (Å²) in [6.07, 6.45) is -1.56. The minimum atomic E-state index is -1.28. The van der Waals surface area contributed by atoms with Crippen molar-refractivity contribution in [1.82, 2.24) is 0 Å². The maximum atomic E-state index is 13.7. The Kier molecular flexibility index (Phi) is 9.43. The third-order valence-corrected chi connectivity index (χ3v) is 9.47. The molecule has 6 rings (SSSR count). The second-order valence-electron chi connectivity index (χ2n) is 10.7. The van der Waals surface area contributed by atoms with Gasteiger partial charge >= 0.3 is 0 Å². The molecule has 2 heterocycles. The van der Waals surface area contributed by atoms with E-state index >= 15 is 0 Å². The van der Waals surface area contributed by atoms with Gasteiger partial charge in [-0.05, 0) is 22.8 Å². The first-order chi connectivity index (χ1) is 20.7. The van der Waals surface area contributed by atoms with Crippen molar-refractivity contribution >= 4 is 10.8 Å². The summed E-state index contributed by atoms with van der Waals surface area (Å²) < 4.78 is 45.8. The van der Waals surface area contributed by atoms with Gasteiger partial charge in [0.25, 0.3) is 0 Å². The van der Waals surface area contributed by atoms with E-state index < -0.39 is 23.0 Å². The van der Waals surface area contributed by atoms with Crippen LogP contribution in [0.25, 0.3) is 0 Å². The lowest BCUT2D eigenvalue weighted by atomic mass is 9.83. The summed E-state index contributed by atoms with van der Waals surface area (Å²) in [5.41, 5.74) is 4.10. The van der Waals surface area contributed by atoms with Crippen molar-refractivity contribution < 1.29 is 27.9 Å². The molecule has 0 aliphatic carbocycles. The standard InChI is InChI=1S/C35H36O6S/c1-37-30-19-11-18-28-32-29(24-42(36)35(28)30)33(39-21-26-14-7-3-8-15-26)34(40-22-27-16-9-4-10-17-27)31(41-32)23-38-20-25-12-5-2-6-13-25/h2-19,29,31-34H,20-24H2,1H3/t29-,31-,32+,33-,34-,42?/m1/s1. The van der Waals surface area contributed by atoms with E-state index in [0.717, 1.165) is 22.3 Å². The smallest absolute Gasteiger partial charge is 0.135 e. The van der Waals surface area contributed by atoms with Gasteiger partial charge in [-0.25, -0.2) is 0 Å². The Morgan fingerprint density at radius 1 is 0.714 bits per heavy atom. The highest BCUT2D eigenvalue weighted by Gasteiger charge is 2.51. The van der Waals surface area contributed by atoms with E-state index in [0.29, 0.717) is 42.8 Å². The van der Waals surface area contributed by atoms with E-state index in [1.807, 2.05) is 97.1 Å². The molecule has 0 spiro atoms. The molecule has 4 aromatic rings. The van der Waals surface area contributed by atoms with E-state index in [9.17, 15) is 4.21 Å². The molecule has 0 saturated carbocycles. The van der Waals surface area contributed by atoms with E-state index in [1.165, 1.54) is 0 Å². The molecule has 1 unspecified atom stereocenters. The summed E-state index contributed by atoms with van der Waals surface area (Å²) in [4.78, 5) is 0.704. The topological polar surface area (TPSA) is 63.2 Å². The zero-order valence-corrected chi connectivity index (χ0v) is 24.5. The van der Waals surface area contributed by atoms with Crippen LogP contribution < -0.4 is 4.74 Å². The number of fused-ring (bicyclic) bond motifs is 3. The fourth-order valence-electron chi connectivity index (χ4n) is 5.85. The molecule has 2 aliphatic rings. The van der Waals surface area contributed by atoms with Crippen molar-refractivity contribution in [3.05, 3.63) is 131 Å². The van der Waals surface area contributed by atoms with Gasteiger partial charge in [0.05, 0.1) is 61.4 Å². The maximum absolute atomic E-state index is 13.7. The van der Waals surface area contributed by atoms with E-state index in [2.05, 4.69) is 12.1 Å². The molecule has 42 heavy (non-hydrogen) atoms. The first-order valence-electron chi connectivity index (χ1n) is 14.3. The summed E-state index contributed by atoms with van der Waals surface area (Å²) in [5.74, 6) is 0.828. The molecule has 0 N–H and O–H groups in total. The van der Waals surface area contributed by atoms with Gasteiger partial charge in [-0.1, -0.05) is 103 Å². The van der Waals surface area contributed by atoms with Crippen LogP contribution in [0, 0.1) is 5.92 Å². The average Bonchev–Trinajstić information content (AvgIpc) is 3.04. The highest BCUT2D eigenvalue weighted by atomic mass is 32.2. The molecule has 0 radical (unpaired) electrons. The average molecular weight is 585 g/mol. The molecule has 0 aromatic heterocycles. The van der Waals surface area contributed by atoms with Crippen LogP contribution in [0.1, 0.15) is 28.4 Å². The van der Waals surface area contributed by atoms with Gasteiger partial charge < -0.3 is 23.7 Å². The normalized spacial score (nSPS) is 24.9. The molecule has 1 saturated heterocycles. The first kappa shape index (κ1) is 28.8. The zero-order chi connectivity index (χ0) is 28.7. The highest BCUT2D eigenvalue weighted by molar-refractivity contribution is 7.85. The van der Waals surface area contributed by atoms with Crippen molar-refractivity contribution in [2.24, 2.45) is 5.92 Å². The molecular weight excluding hydrogens is 548 g/mol. The van der Waals surface area contributed by atoms with Crippen molar-refractivity contribution in [2.75, 3.05) is 19.5 Å². The second kappa shape index (κ2) is 13.8. The van der Waals surface area contributed by atoms with E-state index in [-0.39, 0.29) is 18.1 Å². The minimum Gasteiger partial charge on any atom is -0.495 e. The summed E-state index contributed by atoms with van der Waals surface area (Å²) in [6.45, 7) is 1.60. The van der Waals surface area contributed by atoms with Gasteiger partial charge in [0.15, 0.2) is 0 Å². The molecular formula is C35H36O6S. The van der Waals surface area contributed by atoms with Crippen LogP contribution in [0.5, 0.6) is 5.75 Å². The van der Waals surface area contributed by atoms with Gasteiger partial charge in [0, 0.05) is 17.2 Å². The molecule has 6 nitrogen and oxygen atoms in total. The van der Waals surface area contributed by atoms with Crippen LogP contribution in [-0.4, -0.2) is 42.0 Å². The summed E-state index contributed by atoms with van der Waals surface area (Å²) in [6, 6.07) is 36.1. The van der Waals surface area contributed by atoms with Gasteiger partial charge in [-0.3, -0.25) is 4.21 Å². The number of hydrogen-bond donors (Lipinski definition) is 0. The Labute approximate surface area is 250 Å². The largest absolute Gasteiger partial charge is 0.495 e. The predicted molar refractivity (Wildman–Crippen MR) is 162 cm³/mol. The molecule has 218 valence electrons. The summed E-state index contributed by atoms with van der Waals surface area (Å²) in [5, 5.41) is 0. The first-order valence-corrected chi connectivity index (χ1v) is 15.7. The predicted octanol–water partition coefficient (Wildman–Crippen LogP) is 6.26. The van der Waals surface area contributed by atoms with Crippen LogP contribution in [0.2, 0.25) is 0 Å². The van der Waals surface area contributed by atoms with Crippen LogP contribution in [-0.2, 0) is 49.6 Å². The van der Waals surface area contributed by atoms with Gasteiger partial charge in [-0.15, -0.1) is 0 Å². The van der Waals surface area contributed by atoms with Crippen molar-refractivity contribution in [3.63, 3.8) is 0 Å². The summed E-state index contributed by atoms with van der Waals surface area (Å²) >= 11 is 0. The number of ether oxygens (including phenoxy) is 5. The Morgan fingerprint density at radius 2 is 1.29 bits per heavy atom. The second-order valence-corrected chi connectivity index (χ2v) is 12.1. The minimum absolute atomic E-state index is 0.180.